The summed E-state index contributed by atoms with van der Waals surface area (Å²) in [6.45, 7) is 5.83. The molecule has 24 heavy (non-hydrogen) atoms. The third-order valence-corrected chi connectivity index (χ3v) is 4.10. The maximum Gasteiger partial charge on any atom is 0.151 e. The zero-order valence-electron chi connectivity index (χ0n) is 13.5. The number of amidine groups is 1. The van der Waals surface area contributed by atoms with Crippen molar-refractivity contribution in [1.29, 1.82) is 0 Å². The molecule has 2 aromatic rings. The van der Waals surface area contributed by atoms with Crippen molar-refractivity contribution in [1.82, 2.24) is 4.98 Å². The summed E-state index contributed by atoms with van der Waals surface area (Å²) in [5, 5.41) is 6.98. The third-order valence-electron chi connectivity index (χ3n) is 3.70. The monoisotopic (exact) mass is 338 g/mol. The molecule has 0 atom stereocenters. The number of halogens is 1. The first kappa shape index (κ1) is 16.3. The molecule has 122 valence electrons. The van der Waals surface area contributed by atoms with E-state index in [9.17, 15) is 0 Å². The zero-order valence-corrected chi connectivity index (χ0v) is 14.3. The van der Waals surface area contributed by atoms with Gasteiger partial charge in [-0.15, -0.1) is 0 Å². The molecule has 3 rings (SSSR count). The predicted molar refractivity (Wildman–Crippen MR) is 102 cm³/mol. The Bertz CT molecular complexity index is 824. The highest BCUT2D eigenvalue weighted by atomic mass is 35.5. The van der Waals surface area contributed by atoms with E-state index in [2.05, 4.69) is 45.4 Å². The Labute approximate surface area is 147 Å². The number of nitrogens with one attached hydrogen (secondary N) is 2. The van der Waals surface area contributed by atoms with Gasteiger partial charge >= 0.3 is 0 Å². The van der Waals surface area contributed by atoms with Crippen molar-refractivity contribution in [2.45, 2.75) is 19.8 Å². The highest BCUT2D eigenvalue weighted by molar-refractivity contribution is 6.45. The van der Waals surface area contributed by atoms with Crippen LogP contribution in [0.4, 0.5) is 11.4 Å². The highest BCUT2D eigenvalue weighted by Gasteiger charge is 2.08. The van der Waals surface area contributed by atoms with Gasteiger partial charge in [-0.05, 0) is 49.1 Å². The average Bonchev–Trinajstić information content (AvgIpc) is 2.59. The fourth-order valence-electron chi connectivity index (χ4n) is 2.53. The molecule has 0 fully saturated rings. The average molecular weight is 339 g/mol. The van der Waals surface area contributed by atoms with Gasteiger partial charge in [-0.2, -0.15) is 0 Å². The summed E-state index contributed by atoms with van der Waals surface area (Å²) < 4.78 is 0. The van der Waals surface area contributed by atoms with Crippen molar-refractivity contribution >= 4 is 28.8 Å². The molecule has 4 nitrogen and oxygen atoms in total. The number of aryl methyl sites for hydroxylation is 2. The summed E-state index contributed by atoms with van der Waals surface area (Å²) >= 11 is 6.30. The van der Waals surface area contributed by atoms with Gasteiger partial charge in [0.25, 0.3) is 0 Å². The minimum Gasteiger partial charge on any atom is -0.339 e. The molecule has 0 saturated carbocycles. The van der Waals surface area contributed by atoms with Crippen molar-refractivity contribution < 1.29 is 0 Å². The predicted octanol–water partition coefficient (Wildman–Crippen LogP) is 4.72. The maximum atomic E-state index is 6.30. The lowest BCUT2D eigenvalue weighted by molar-refractivity contribution is 0.951. The molecule has 0 unspecified atom stereocenters. The van der Waals surface area contributed by atoms with Gasteiger partial charge in [0.1, 0.15) is 5.82 Å². The van der Waals surface area contributed by atoms with Crippen LogP contribution in [0.15, 0.2) is 71.2 Å². The number of anilines is 2. The van der Waals surface area contributed by atoms with Crippen molar-refractivity contribution in [2.75, 3.05) is 10.6 Å². The molecule has 1 aromatic carbocycles. The first-order chi connectivity index (χ1) is 11.6. The Hall–Kier alpha value is -2.59. The molecular weight excluding hydrogens is 320 g/mol. The van der Waals surface area contributed by atoms with Crippen LogP contribution in [0.3, 0.4) is 0 Å². The Morgan fingerprint density at radius 2 is 1.92 bits per heavy atom. The van der Waals surface area contributed by atoms with Crippen LogP contribution in [-0.2, 0) is 12.8 Å². The van der Waals surface area contributed by atoms with Crippen LogP contribution >= 0.6 is 11.6 Å². The molecule has 0 saturated heterocycles. The van der Waals surface area contributed by atoms with Crippen LogP contribution in [0, 0.1) is 0 Å². The number of fused-ring (bicyclic) bond motifs is 4. The zero-order chi connectivity index (χ0) is 16.9. The standard InChI is InChI=1S/C19H19ClN4/c1-3-18(20)19-23-13(2)22-17-10-15(11-21-12-17)8-7-14-5-4-6-16(9-14)24-19/h3-6,9-12,22H,2,7-8H2,1H3,(H,23,24)/b18-3+. The molecular formula is C19H19ClN4. The van der Waals surface area contributed by atoms with E-state index in [0.29, 0.717) is 16.7 Å². The number of hydrogen-bond acceptors (Lipinski definition) is 4. The van der Waals surface area contributed by atoms with E-state index < -0.39 is 0 Å². The number of benzene rings is 1. The summed E-state index contributed by atoms with van der Waals surface area (Å²) in [6, 6.07) is 10.3. The minimum absolute atomic E-state index is 0.492. The highest BCUT2D eigenvalue weighted by Crippen LogP contribution is 2.19. The fourth-order valence-corrected chi connectivity index (χ4v) is 2.62. The molecule has 0 amide bonds. The second-order valence-electron chi connectivity index (χ2n) is 5.58. The SMILES string of the molecule is C=C1/N=C(\C(Cl)=C/C)Nc2cccc(c2)CCc2cncc(c2)N1. The van der Waals surface area contributed by atoms with Crippen LogP contribution in [0.2, 0.25) is 0 Å². The van der Waals surface area contributed by atoms with Crippen LogP contribution in [0.25, 0.3) is 0 Å². The molecule has 0 spiro atoms. The van der Waals surface area contributed by atoms with Gasteiger partial charge in [-0.25, -0.2) is 4.99 Å². The largest absolute Gasteiger partial charge is 0.339 e. The maximum absolute atomic E-state index is 6.30. The lowest BCUT2D eigenvalue weighted by atomic mass is 10.0. The smallest absolute Gasteiger partial charge is 0.151 e. The van der Waals surface area contributed by atoms with E-state index in [1.807, 2.05) is 25.3 Å². The van der Waals surface area contributed by atoms with Gasteiger partial charge in [-0.1, -0.05) is 36.4 Å². The van der Waals surface area contributed by atoms with Crippen molar-refractivity contribution in [2.24, 2.45) is 4.99 Å². The Morgan fingerprint density at radius 1 is 1.12 bits per heavy atom. The minimum atomic E-state index is 0.492. The van der Waals surface area contributed by atoms with Gasteiger partial charge in [0.15, 0.2) is 5.84 Å². The molecule has 2 N–H and O–H groups in total. The topological polar surface area (TPSA) is 49.3 Å². The van der Waals surface area contributed by atoms with Gasteiger partial charge in [-0.3, -0.25) is 4.98 Å². The lowest BCUT2D eigenvalue weighted by Crippen LogP contribution is -2.14. The number of pyridine rings is 1. The summed E-state index contributed by atoms with van der Waals surface area (Å²) in [5.74, 6) is 1.05. The van der Waals surface area contributed by atoms with E-state index in [4.69, 9.17) is 11.6 Å². The third kappa shape index (κ3) is 4.03. The molecule has 1 aromatic heterocycles. The first-order valence-corrected chi connectivity index (χ1v) is 8.18. The van der Waals surface area contributed by atoms with Crippen molar-refractivity contribution in [3.05, 3.63) is 77.4 Å². The molecule has 5 heteroatoms. The summed E-state index contributed by atoms with van der Waals surface area (Å²) in [7, 11) is 0. The van der Waals surface area contributed by atoms with Gasteiger partial charge < -0.3 is 10.6 Å². The lowest BCUT2D eigenvalue weighted by Gasteiger charge is -2.12. The quantitative estimate of drug-likeness (QED) is 0.791. The first-order valence-electron chi connectivity index (χ1n) is 7.81. The van der Waals surface area contributed by atoms with Crippen LogP contribution < -0.4 is 10.6 Å². The number of rotatable bonds is 1. The normalized spacial score (nSPS) is 17.3. The Balaban J connectivity index is 2.04. The van der Waals surface area contributed by atoms with Crippen molar-refractivity contribution in [3.8, 4) is 0 Å². The molecule has 1 aliphatic heterocycles. The fraction of sp³-hybridized carbons (Fsp3) is 0.158. The molecule has 1 aliphatic rings. The van der Waals surface area contributed by atoms with Crippen LogP contribution in [0.5, 0.6) is 0 Å². The van der Waals surface area contributed by atoms with Crippen molar-refractivity contribution in [3.63, 3.8) is 0 Å². The second kappa shape index (κ2) is 7.32. The van der Waals surface area contributed by atoms with E-state index in [-0.39, 0.29) is 0 Å². The summed E-state index contributed by atoms with van der Waals surface area (Å²) in [6.07, 6.45) is 7.30. The molecule has 0 aliphatic carbocycles. The van der Waals surface area contributed by atoms with Crippen LogP contribution in [-0.4, -0.2) is 10.8 Å². The molecule has 4 bridgehead atoms. The van der Waals surface area contributed by atoms with Gasteiger partial charge in [0, 0.05) is 11.9 Å². The molecule has 0 radical (unpaired) electrons. The number of aromatic nitrogens is 1. The number of aliphatic imine (C=N–C) groups is 1. The Morgan fingerprint density at radius 3 is 2.75 bits per heavy atom. The number of allylic oxidation sites excluding steroid dienone is 1. The van der Waals surface area contributed by atoms with Gasteiger partial charge in [0.05, 0.1) is 16.9 Å². The Kier molecular flexibility index (Phi) is 4.96. The summed E-state index contributed by atoms with van der Waals surface area (Å²) in [4.78, 5) is 8.78. The molecule has 2 heterocycles. The van der Waals surface area contributed by atoms with Crippen LogP contribution in [0.1, 0.15) is 18.1 Å². The summed E-state index contributed by atoms with van der Waals surface area (Å²) in [5.41, 5.74) is 4.22. The number of hydrogen-bond donors (Lipinski definition) is 2. The second-order valence-corrected chi connectivity index (χ2v) is 5.98. The van der Waals surface area contributed by atoms with Gasteiger partial charge in [0.2, 0.25) is 0 Å². The van der Waals surface area contributed by atoms with E-state index in [1.165, 1.54) is 11.1 Å². The van der Waals surface area contributed by atoms with E-state index in [0.717, 1.165) is 24.2 Å². The number of nitrogens with zero attached hydrogens (tertiary/aromatic N) is 2. The van der Waals surface area contributed by atoms with E-state index in [1.54, 1.807) is 12.3 Å². The van der Waals surface area contributed by atoms with E-state index >= 15 is 0 Å².